The molecule has 2 atom stereocenters. The molecule has 0 amide bonds. The maximum absolute atomic E-state index is 12.6. The Morgan fingerprint density at radius 1 is 0.449 bits per heavy atom. The first-order chi connectivity index (χ1) is 33.8. The third-order valence-corrected chi connectivity index (χ3v) is 12.2. The summed E-state index contributed by atoms with van der Waals surface area (Å²) in [6.07, 6.45) is 73.1. The van der Waals surface area contributed by atoms with Crippen LogP contribution in [-0.2, 0) is 32.7 Å². The van der Waals surface area contributed by atoms with Gasteiger partial charge in [-0.2, -0.15) is 0 Å². The molecule has 0 saturated heterocycles. The molecule has 0 bridgehead atoms. The fourth-order valence-electron chi connectivity index (χ4n) is 7.16. The summed E-state index contributed by atoms with van der Waals surface area (Å²) in [7, 11) is -4.38. The zero-order valence-electron chi connectivity index (χ0n) is 43.8. The smallest absolute Gasteiger partial charge is 0.462 e. The van der Waals surface area contributed by atoms with Crippen LogP contribution in [0.2, 0.25) is 0 Å². The number of carbonyl (C=O) groups excluding carboxylic acids is 2. The number of carbonyl (C=O) groups is 2. The van der Waals surface area contributed by atoms with Crippen molar-refractivity contribution < 1.29 is 37.6 Å². The normalized spacial score (nSPS) is 14.0. The third-order valence-electron chi connectivity index (χ3n) is 11.2. The predicted octanol–water partition coefficient (Wildman–Crippen LogP) is 17.1. The molecule has 10 heteroatoms. The zero-order valence-corrected chi connectivity index (χ0v) is 44.6. The van der Waals surface area contributed by atoms with E-state index in [1.807, 2.05) is 0 Å². The van der Waals surface area contributed by atoms with Gasteiger partial charge in [0.05, 0.1) is 13.2 Å². The average molecular weight is 982 g/mol. The monoisotopic (exact) mass is 982 g/mol. The molecule has 0 aromatic rings. The van der Waals surface area contributed by atoms with Gasteiger partial charge in [-0.05, 0) is 83.5 Å². The molecule has 0 aliphatic rings. The Morgan fingerprint density at radius 3 is 1.19 bits per heavy atom. The van der Waals surface area contributed by atoms with Crippen molar-refractivity contribution >= 4 is 19.8 Å². The lowest BCUT2D eigenvalue weighted by atomic mass is 10.0. The Kier molecular flexibility index (Phi) is 51.4. The Balaban J connectivity index is 3.90. The summed E-state index contributed by atoms with van der Waals surface area (Å²) < 4.78 is 32.8. The fraction of sp³-hybridized carbons (Fsp3) is 0.661. The molecule has 394 valence electrons. The van der Waals surface area contributed by atoms with Crippen molar-refractivity contribution in [2.24, 2.45) is 5.73 Å². The maximum Gasteiger partial charge on any atom is 0.472 e. The first-order valence-corrected chi connectivity index (χ1v) is 28.9. The molecule has 0 aromatic carbocycles. The molecule has 0 saturated carbocycles. The van der Waals surface area contributed by atoms with E-state index in [0.717, 1.165) is 103 Å². The van der Waals surface area contributed by atoms with E-state index in [1.54, 1.807) is 0 Å². The van der Waals surface area contributed by atoms with E-state index in [1.165, 1.54) is 83.5 Å². The minimum atomic E-state index is -4.38. The van der Waals surface area contributed by atoms with Crippen LogP contribution >= 0.6 is 7.82 Å². The highest BCUT2D eigenvalue weighted by molar-refractivity contribution is 7.47. The number of esters is 2. The van der Waals surface area contributed by atoms with Gasteiger partial charge in [0.25, 0.3) is 0 Å². The number of phosphoric ester groups is 1. The van der Waals surface area contributed by atoms with Crippen molar-refractivity contribution in [1.29, 1.82) is 0 Å². The fourth-order valence-corrected chi connectivity index (χ4v) is 7.92. The first-order valence-electron chi connectivity index (χ1n) is 27.4. The summed E-state index contributed by atoms with van der Waals surface area (Å²) >= 11 is 0. The summed E-state index contributed by atoms with van der Waals surface area (Å²) in [5, 5.41) is 0. The summed E-state index contributed by atoms with van der Waals surface area (Å²) in [6.45, 7) is 3.58. The number of hydrogen-bond acceptors (Lipinski definition) is 8. The lowest BCUT2D eigenvalue weighted by Gasteiger charge is -2.19. The van der Waals surface area contributed by atoms with E-state index >= 15 is 0 Å². The van der Waals surface area contributed by atoms with E-state index in [0.29, 0.717) is 6.42 Å². The van der Waals surface area contributed by atoms with Gasteiger partial charge in [0.2, 0.25) is 0 Å². The molecule has 69 heavy (non-hydrogen) atoms. The number of ether oxygens (including phenoxy) is 2. The predicted molar refractivity (Wildman–Crippen MR) is 293 cm³/mol. The number of rotatable bonds is 50. The molecular weight excluding hydrogens is 882 g/mol. The van der Waals surface area contributed by atoms with Crippen LogP contribution in [0.4, 0.5) is 0 Å². The van der Waals surface area contributed by atoms with Crippen LogP contribution < -0.4 is 5.73 Å². The van der Waals surface area contributed by atoms with Crippen LogP contribution in [0, 0.1) is 0 Å². The van der Waals surface area contributed by atoms with Crippen molar-refractivity contribution in [2.75, 3.05) is 26.4 Å². The van der Waals surface area contributed by atoms with Crippen molar-refractivity contribution in [2.45, 2.75) is 225 Å². The molecule has 2 unspecified atom stereocenters. The summed E-state index contributed by atoms with van der Waals surface area (Å²) in [4.78, 5) is 34.9. The van der Waals surface area contributed by atoms with Gasteiger partial charge in [0, 0.05) is 19.4 Å². The molecule has 0 rings (SSSR count). The van der Waals surface area contributed by atoms with E-state index in [-0.39, 0.29) is 38.6 Å². The molecule has 9 nitrogen and oxygen atoms in total. The summed E-state index contributed by atoms with van der Waals surface area (Å²) in [5.41, 5.74) is 5.36. The molecule has 0 fully saturated rings. The van der Waals surface area contributed by atoms with Gasteiger partial charge in [-0.15, -0.1) is 0 Å². The molecule has 0 spiro atoms. The van der Waals surface area contributed by atoms with E-state index < -0.39 is 26.5 Å². The highest BCUT2D eigenvalue weighted by atomic mass is 31.2. The summed E-state index contributed by atoms with van der Waals surface area (Å²) in [6, 6.07) is 0. The Morgan fingerprint density at radius 2 is 0.797 bits per heavy atom. The Bertz CT molecular complexity index is 1490. The van der Waals surface area contributed by atoms with E-state index in [4.69, 9.17) is 24.3 Å². The van der Waals surface area contributed by atoms with Gasteiger partial charge in [0.1, 0.15) is 6.61 Å². The molecule has 0 aliphatic heterocycles. The van der Waals surface area contributed by atoms with Gasteiger partial charge in [-0.3, -0.25) is 18.6 Å². The lowest BCUT2D eigenvalue weighted by Crippen LogP contribution is -2.29. The Labute approximate surface area is 422 Å². The minimum absolute atomic E-state index is 0.0498. The van der Waals surface area contributed by atoms with Crippen LogP contribution in [0.5, 0.6) is 0 Å². The van der Waals surface area contributed by atoms with Crippen LogP contribution in [-0.4, -0.2) is 49.3 Å². The Hall–Kier alpha value is -3.33. The molecule has 0 radical (unpaired) electrons. The van der Waals surface area contributed by atoms with Gasteiger partial charge < -0.3 is 20.1 Å². The van der Waals surface area contributed by atoms with Gasteiger partial charge in [-0.25, -0.2) is 4.57 Å². The second-order valence-electron chi connectivity index (χ2n) is 17.7. The van der Waals surface area contributed by atoms with Gasteiger partial charge >= 0.3 is 19.8 Å². The van der Waals surface area contributed by atoms with E-state index in [2.05, 4.69) is 123 Å². The van der Waals surface area contributed by atoms with Crippen LogP contribution in [0.25, 0.3) is 0 Å². The third kappa shape index (κ3) is 53.9. The van der Waals surface area contributed by atoms with Crippen LogP contribution in [0.1, 0.15) is 219 Å². The second kappa shape index (κ2) is 54.0. The average Bonchev–Trinajstić information content (AvgIpc) is 3.34. The number of allylic oxidation sites excluding steroid dienone is 18. The quantitative estimate of drug-likeness (QED) is 0.0264. The van der Waals surface area contributed by atoms with Crippen molar-refractivity contribution in [1.82, 2.24) is 0 Å². The number of unbranched alkanes of at least 4 members (excludes halogenated alkanes) is 19. The topological polar surface area (TPSA) is 134 Å². The number of hydrogen-bond donors (Lipinski definition) is 2. The first kappa shape index (κ1) is 65.7. The molecule has 0 aromatic heterocycles. The highest BCUT2D eigenvalue weighted by Gasteiger charge is 2.26. The number of nitrogens with two attached hydrogens (primary N) is 1. The molecule has 0 aliphatic carbocycles. The molecule has 0 heterocycles. The molecular formula is C59H100NO8P. The summed E-state index contributed by atoms with van der Waals surface area (Å²) in [5.74, 6) is -0.838. The van der Waals surface area contributed by atoms with Gasteiger partial charge in [0.15, 0.2) is 6.10 Å². The second-order valence-corrected chi connectivity index (χ2v) is 19.2. The van der Waals surface area contributed by atoms with Crippen LogP contribution in [0.15, 0.2) is 109 Å². The SMILES string of the molecule is CC/C=C\C/C=C\C/C=C\C/C=C\C/C=C\C/C=C\C/C=C\C/C=C\C/C=C\CCCCCCCCCCCCCC(=O)OC(COC(=O)CCCCCCCCCCC)COP(=O)(O)OCCN. The standard InChI is InChI=1S/C59H100NO8P/c1-3-5-7-9-11-13-14-15-16-17-18-19-20-21-22-23-24-25-26-27-28-29-30-31-32-33-34-35-36-37-38-39-40-41-42-44-46-48-50-52-59(62)68-57(56-67-69(63,64)66-54-53-60)55-65-58(61)51-49-47-45-43-12-10-8-6-4-2/h5,7,11,13,15-16,18-19,21-22,24-25,27-28,30-31,33-34,57H,3-4,6,8-10,12,14,17,20,23,26,29,32,35-56,60H2,1-2H3,(H,63,64)/b7-5-,13-11-,16-15-,19-18-,22-21-,25-24-,28-27-,31-30-,34-33-. The minimum Gasteiger partial charge on any atom is -0.462 e. The van der Waals surface area contributed by atoms with Gasteiger partial charge in [-0.1, -0.05) is 232 Å². The number of phosphoric acid groups is 1. The molecule has 3 N–H and O–H groups in total. The van der Waals surface area contributed by atoms with Crippen molar-refractivity contribution in [3.05, 3.63) is 109 Å². The zero-order chi connectivity index (χ0) is 50.2. The lowest BCUT2D eigenvalue weighted by molar-refractivity contribution is -0.161. The van der Waals surface area contributed by atoms with E-state index in [9.17, 15) is 19.0 Å². The van der Waals surface area contributed by atoms with Crippen molar-refractivity contribution in [3.8, 4) is 0 Å². The highest BCUT2D eigenvalue weighted by Crippen LogP contribution is 2.43. The maximum atomic E-state index is 12.6. The largest absolute Gasteiger partial charge is 0.472 e. The van der Waals surface area contributed by atoms with Crippen LogP contribution in [0.3, 0.4) is 0 Å². The van der Waals surface area contributed by atoms with Crippen molar-refractivity contribution in [3.63, 3.8) is 0 Å².